The van der Waals surface area contributed by atoms with Gasteiger partial charge in [0.1, 0.15) is 4.83 Å². The second-order valence-electron chi connectivity index (χ2n) is 7.33. The Balaban J connectivity index is 1.58. The maximum Gasteiger partial charge on any atom is 0.263 e. The molecule has 1 aliphatic heterocycles. The Bertz CT molecular complexity index is 906. The van der Waals surface area contributed by atoms with E-state index in [1.54, 1.807) is 22.0 Å². The lowest BCUT2D eigenvalue weighted by atomic mass is 10.1. The Kier molecular flexibility index (Phi) is 5.68. The third-order valence-electron chi connectivity index (χ3n) is 5.30. The highest BCUT2D eigenvalue weighted by molar-refractivity contribution is 7.99. The third-order valence-corrected chi connectivity index (χ3v) is 7.15. The second kappa shape index (κ2) is 8.19. The Morgan fingerprint density at radius 3 is 2.70 bits per heavy atom. The van der Waals surface area contributed by atoms with Crippen molar-refractivity contribution < 1.29 is 4.79 Å². The maximum absolute atomic E-state index is 13.1. The predicted molar refractivity (Wildman–Crippen MR) is 112 cm³/mol. The first kappa shape index (κ1) is 18.7. The minimum Gasteiger partial charge on any atom is -0.342 e. The molecule has 1 aliphatic carbocycles. The van der Waals surface area contributed by atoms with Gasteiger partial charge in [-0.3, -0.25) is 14.2 Å². The first-order chi connectivity index (χ1) is 13.2. The van der Waals surface area contributed by atoms with Crippen LogP contribution in [0, 0.1) is 0 Å². The van der Waals surface area contributed by atoms with Crippen molar-refractivity contribution >= 4 is 39.2 Å². The molecule has 0 bridgehead atoms. The molecule has 1 amide bonds. The van der Waals surface area contributed by atoms with Crippen molar-refractivity contribution in [2.45, 2.75) is 56.1 Å². The van der Waals surface area contributed by atoms with Crippen molar-refractivity contribution in [3.63, 3.8) is 0 Å². The molecule has 5 nitrogen and oxygen atoms in total. The van der Waals surface area contributed by atoms with Gasteiger partial charge in [0.05, 0.1) is 11.1 Å². The van der Waals surface area contributed by atoms with E-state index < -0.39 is 0 Å². The molecule has 2 aliphatic rings. The largest absolute Gasteiger partial charge is 0.342 e. The molecule has 2 fully saturated rings. The summed E-state index contributed by atoms with van der Waals surface area (Å²) in [7, 11) is 0. The van der Waals surface area contributed by atoms with Crippen LogP contribution in [0.1, 0.15) is 50.0 Å². The molecular formula is C20H25N3O2S2. The maximum atomic E-state index is 13.1. The summed E-state index contributed by atoms with van der Waals surface area (Å²) in [6.45, 7) is 5.90. The average molecular weight is 404 g/mol. The van der Waals surface area contributed by atoms with E-state index in [1.807, 2.05) is 4.90 Å². The van der Waals surface area contributed by atoms with E-state index in [0.29, 0.717) is 23.4 Å². The molecule has 1 saturated carbocycles. The number of carbonyl (C=O) groups is 1. The van der Waals surface area contributed by atoms with Gasteiger partial charge in [-0.15, -0.1) is 17.9 Å². The summed E-state index contributed by atoms with van der Waals surface area (Å²) in [5.74, 6) is 0.996. The lowest BCUT2D eigenvalue weighted by Crippen LogP contribution is -2.33. The number of amides is 1. The van der Waals surface area contributed by atoms with Crippen LogP contribution in [0.5, 0.6) is 0 Å². The van der Waals surface area contributed by atoms with Crippen LogP contribution in [0.4, 0.5) is 0 Å². The predicted octanol–water partition coefficient (Wildman–Crippen LogP) is 4.02. The van der Waals surface area contributed by atoms with Crippen LogP contribution < -0.4 is 5.56 Å². The van der Waals surface area contributed by atoms with Crippen molar-refractivity contribution in [3.05, 3.63) is 34.0 Å². The number of aromatic nitrogens is 2. The van der Waals surface area contributed by atoms with Gasteiger partial charge in [0, 0.05) is 19.6 Å². The zero-order valence-electron chi connectivity index (χ0n) is 15.5. The normalized spacial score (nSPS) is 17.9. The van der Waals surface area contributed by atoms with E-state index in [4.69, 9.17) is 4.98 Å². The molecule has 4 rings (SSSR count). The SMILES string of the molecule is C=CCn1c(SCC(=O)N2CCCCCC2)nc2scc(C3CC3)c2c1=O. The van der Waals surface area contributed by atoms with Gasteiger partial charge in [0.25, 0.3) is 5.56 Å². The summed E-state index contributed by atoms with van der Waals surface area (Å²) in [5.41, 5.74) is 1.16. The molecule has 0 unspecified atom stereocenters. The molecule has 0 aromatic carbocycles. The Labute approximate surface area is 167 Å². The van der Waals surface area contributed by atoms with Gasteiger partial charge in [0.2, 0.25) is 5.91 Å². The van der Waals surface area contributed by atoms with E-state index in [9.17, 15) is 9.59 Å². The molecule has 0 N–H and O–H groups in total. The molecule has 0 atom stereocenters. The number of hydrogen-bond acceptors (Lipinski definition) is 5. The first-order valence-corrected chi connectivity index (χ1v) is 11.6. The third kappa shape index (κ3) is 3.99. The summed E-state index contributed by atoms with van der Waals surface area (Å²) in [4.78, 5) is 33.2. The van der Waals surface area contributed by atoms with Gasteiger partial charge in [-0.2, -0.15) is 0 Å². The minimum absolute atomic E-state index is 0.00720. The van der Waals surface area contributed by atoms with Crippen LogP contribution >= 0.6 is 23.1 Å². The summed E-state index contributed by atoms with van der Waals surface area (Å²) in [6.07, 6.45) is 8.62. The summed E-state index contributed by atoms with van der Waals surface area (Å²) in [6, 6.07) is 0. The van der Waals surface area contributed by atoms with Crippen LogP contribution in [0.25, 0.3) is 10.2 Å². The molecule has 1 saturated heterocycles. The fraction of sp³-hybridized carbons (Fsp3) is 0.550. The zero-order valence-corrected chi connectivity index (χ0v) is 17.1. The van der Waals surface area contributed by atoms with Crippen LogP contribution in [0.3, 0.4) is 0 Å². The Morgan fingerprint density at radius 2 is 2.04 bits per heavy atom. The van der Waals surface area contributed by atoms with Gasteiger partial charge in [-0.05, 0) is 42.5 Å². The van der Waals surface area contributed by atoms with Crippen molar-refractivity contribution in [1.82, 2.24) is 14.5 Å². The minimum atomic E-state index is 0.00720. The van der Waals surface area contributed by atoms with E-state index in [2.05, 4.69) is 12.0 Å². The van der Waals surface area contributed by atoms with E-state index in [0.717, 1.165) is 54.6 Å². The summed E-state index contributed by atoms with van der Waals surface area (Å²) in [5, 5.41) is 3.48. The lowest BCUT2D eigenvalue weighted by Gasteiger charge is -2.20. The van der Waals surface area contributed by atoms with Gasteiger partial charge < -0.3 is 4.90 Å². The van der Waals surface area contributed by atoms with Crippen LogP contribution in [-0.4, -0.2) is 39.2 Å². The van der Waals surface area contributed by atoms with E-state index in [1.165, 1.54) is 24.6 Å². The molecular weight excluding hydrogens is 378 g/mol. The second-order valence-corrected chi connectivity index (χ2v) is 9.13. The smallest absolute Gasteiger partial charge is 0.263 e. The monoisotopic (exact) mass is 403 g/mol. The molecule has 0 radical (unpaired) electrons. The number of likely N-dealkylation sites (tertiary alicyclic amines) is 1. The molecule has 3 heterocycles. The van der Waals surface area contributed by atoms with Crippen LogP contribution in [0.2, 0.25) is 0 Å². The molecule has 27 heavy (non-hydrogen) atoms. The quantitative estimate of drug-likeness (QED) is 0.415. The van der Waals surface area contributed by atoms with Crippen LogP contribution in [0.15, 0.2) is 28.0 Å². The number of hydrogen-bond donors (Lipinski definition) is 0. The number of rotatable bonds is 6. The molecule has 144 valence electrons. The topological polar surface area (TPSA) is 55.2 Å². The number of thioether (sulfide) groups is 1. The first-order valence-electron chi connectivity index (χ1n) is 9.72. The highest BCUT2D eigenvalue weighted by Gasteiger charge is 2.29. The van der Waals surface area contributed by atoms with Gasteiger partial charge in [-0.25, -0.2) is 4.98 Å². The molecule has 2 aromatic heterocycles. The number of nitrogens with zero attached hydrogens (tertiary/aromatic N) is 3. The van der Waals surface area contributed by atoms with Crippen LogP contribution in [-0.2, 0) is 11.3 Å². The van der Waals surface area contributed by atoms with Crippen molar-refractivity contribution in [2.75, 3.05) is 18.8 Å². The Morgan fingerprint density at radius 1 is 1.30 bits per heavy atom. The molecule has 7 heteroatoms. The van der Waals surface area contributed by atoms with Crippen molar-refractivity contribution in [3.8, 4) is 0 Å². The fourth-order valence-electron chi connectivity index (χ4n) is 3.66. The van der Waals surface area contributed by atoms with Gasteiger partial charge >= 0.3 is 0 Å². The number of thiophene rings is 1. The number of carbonyl (C=O) groups excluding carboxylic acids is 1. The zero-order chi connectivity index (χ0) is 18.8. The standard InChI is InChI=1S/C20H25N3O2S2/c1-2-9-23-19(25)17-15(14-7-8-14)12-26-18(17)21-20(23)27-13-16(24)22-10-5-3-4-6-11-22/h2,12,14H,1,3-11,13H2. The molecule has 0 spiro atoms. The van der Waals surface area contributed by atoms with E-state index in [-0.39, 0.29) is 11.5 Å². The van der Waals surface area contributed by atoms with Gasteiger partial charge in [0.15, 0.2) is 5.16 Å². The Hall–Kier alpha value is -1.60. The number of fused-ring (bicyclic) bond motifs is 1. The van der Waals surface area contributed by atoms with Crippen molar-refractivity contribution in [2.24, 2.45) is 0 Å². The summed E-state index contributed by atoms with van der Waals surface area (Å²) < 4.78 is 1.67. The number of allylic oxidation sites excluding steroid dienone is 1. The van der Waals surface area contributed by atoms with Gasteiger partial charge in [-0.1, -0.05) is 30.7 Å². The highest BCUT2D eigenvalue weighted by Crippen LogP contribution is 2.44. The lowest BCUT2D eigenvalue weighted by molar-refractivity contribution is -0.128. The fourth-order valence-corrected chi connectivity index (χ4v) is 5.63. The van der Waals surface area contributed by atoms with E-state index >= 15 is 0 Å². The molecule has 2 aromatic rings. The average Bonchev–Trinajstić information content (AvgIpc) is 3.47. The van der Waals surface area contributed by atoms with Crippen molar-refractivity contribution in [1.29, 1.82) is 0 Å². The highest BCUT2D eigenvalue weighted by atomic mass is 32.2. The summed E-state index contributed by atoms with van der Waals surface area (Å²) >= 11 is 2.92.